The predicted molar refractivity (Wildman–Crippen MR) is 88.5 cm³/mol. The van der Waals surface area contributed by atoms with Crippen molar-refractivity contribution in [1.29, 1.82) is 0 Å². The van der Waals surface area contributed by atoms with Crippen molar-refractivity contribution >= 4 is 11.9 Å². The Morgan fingerprint density at radius 1 is 1.22 bits per heavy atom. The lowest BCUT2D eigenvalue weighted by molar-refractivity contribution is -0.131. The molecule has 0 saturated carbocycles. The lowest BCUT2D eigenvalue weighted by Gasteiger charge is -2.21. The molecule has 0 aromatic heterocycles. The molecule has 5 nitrogen and oxygen atoms in total. The van der Waals surface area contributed by atoms with Crippen LogP contribution in [-0.2, 0) is 17.9 Å². The summed E-state index contributed by atoms with van der Waals surface area (Å²) >= 11 is 0. The van der Waals surface area contributed by atoms with Crippen molar-refractivity contribution in [1.82, 2.24) is 10.2 Å². The number of aliphatic hydroxyl groups excluding tert-OH is 1. The van der Waals surface area contributed by atoms with Gasteiger partial charge < -0.3 is 10.4 Å². The van der Waals surface area contributed by atoms with Gasteiger partial charge in [-0.25, -0.2) is 4.79 Å². The largest absolute Gasteiger partial charge is 0.392 e. The molecule has 1 aliphatic rings. The normalized spacial score (nSPS) is 20.6. The lowest BCUT2D eigenvalue weighted by atomic mass is 9.95. The molecule has 0 spiro atoms. The van der Waals surface area contributed by atoms with Crippen LogP contribution in [0.25, 0.3) is 0 Å². The summed E-state index contributed by atoms with van der Waals surface area (Å²) < 4.78 is 0. The molecule has 1 aromatic rings. The molecule has 1 heterocycles. The SMILES string of the molecule is CC(C)=CCCC1(C)NC(=O)N(Cc2ccc(CO)cc2)C1=O. The molecule has 0 radical (unpaired) electrons. The van der Waals surface area contributed by atoms with Crippen LogP contribution in [0.15, 0.2) is 35.9 Å². The highest BCUT2D eigenvalue weighted by Crippen LogP contribution is 2.25. The number of aliphatic hydroxyl groups is 1. The zero-order valence-electron chi connectivity index (χ0n) is 13.9. The average Bonchev–Trinajstić information content (AvgIpc) is 2.71. The quantitative estimate of drug-likeness (QED) is 0.626. The number of rotatable bonds is 6. The van der Waals surface area contributed by atoms with Gasteiger partial charge in [0.15, 0.2) is 0 Å². The minimum Gasteiger partial charge on any atom is -0.392 e. The third kappa shape index (κ3) is 3.99. The zero-order valence-corrected chi connectivity index (χ0v) is 13.9. The molecule has 1 aliphatic heterocycles. The smallest absolute Gasteiger partial charge is 0.325 e. The highest BCUT2D eigenvalue weighted by atomic mass is 16.3. The minimum absolute atomic E-state index is 0.0220. The van der Waals surface area contributed by atoms with E-state index in [1.54, 1.807) is 19.1 Å². The maximum atomic E-state index is 12.6. The zero-order chi connectivity index (χ0) is 17.0. The van der Waals surface area contributed by atoms with Gasteiger partial charge in [0.05, 0.1) is 13.2 Å². The number of hydrogen-bond acceptors (Lipinski definition) is 3. The van der Waals surface area contributed by atoms with Gasteiger partial charge in [0, 0.05) is 0 Å². The van der Waals surface area contributed by atoms with Gasteiger partial charge in [0.1, 0.15) is 5.54 Å². The van der Waals surface area contributed by atoms with Crippen molar-refractivity contribution in [3.63, 3.8) is 0 Å². The predicted octanol–water partition coefficient (Wildman–Crippen LogP) is 2.74. The molecule has 3 amide bonds. The van der Waals surface area contributed by atoms with Crippen molar-refractivity contribution < 1.29 is 14.7 Å². The van der Waals surface area contributed by atoms with E-state index < -0.39 is 5.54 Å². The second kappa shape index (κ2) is 6.96. The molecule has 0 bridgehead atoms. The van der Waals surface area contributed by atoms with Gasteiger partial charge in [0.2, 0.25) is 0 Å². The fourth-order valence-corrected chi connectivity index (χ4v) is 2.64. The summed E-state index contributed by atoms with van der Waals surface area (Å²) in [6.45, 7) is 6.03. The van der Waals surface area contributed by atoms with Crippen LogP contribution in [0.1, 0.15) is 44.7 Å². The fraction of sp³-hybridized carbons (Fsp3) is 0.444. The highest BCUT2D eigenvalue weighted by molar-refractivity contribution is 6.06. The standard InChI is InChI=1S/C18H24N2O3/c1-13(2)5-4-10-18(3)16(22)20(17(23)19-18)11-14-6-8-15(12-21)9-7-14/h5-9,21H,4,10-12H2,1-3H3,(H,19,23). The topological polar surface area (TPSA) is 69.6 Å². The number of nitrogens with one attached hydrogen (secondary N) is 1. The van der Waals surface area contributed by atoms with E-state index >= 15 is 0 Å². The molecular weight excluding hydrogens is 292 g/mol. The number of nitrogens with zero attached hydrogens (tertiary/aromatic N) is 1. The molecule has 2 N–H and O–H groups in total. The van der Waals surface area contributed by atoms with E-state index in [4.69, 9.17) is 5.11 Å². The second-order valence-electron chi connectivity index (χ2n) is 6.45. The molecule has 1 saturated heterocycles. The van der Waals surface area contributed by atoms with Crippen molar-refractivity contribution in [3.8, 4) is 0 Å². The van der Waals surface area contributed by atoms with E-state index in [1.807, 2.05) is 26.0 Å². The Balaban J connectivity index is 2.06. The Kier molecular flexibility index (Phi) is 5.21. The summed E-state index contributed by atoms with van der Waals surface area (Å²) in [4.78, 5) is 26.0. The first-order chi connectivity index (χ1) is 10.9. The first-order valence-electron chi connectivity index (χ1n) is 7.82. The van der Waals surface area contributed by atoms with Crippen LogP contribution >= 0.6 is 0 Å². The molecular formula is C18H24N2O3. The van der Waals surface area contributed by atoms with Gasteiger partial charge in [-0.05, 0) is 44.7 Å². The second-order valence-corrected chi connectivity index (χ2v) is 6.45. The van der Waals surface area contributed by atoms with Crippen LogP contribution < -0.4 is 5.32 Å². The van der Waals surface area contributed by atoms with Gasteiger partial charge in [-0.15, -0.1) is 0 Å². The third-order valence-corrected chi connectivity index (χ3v) is 4.09. The Hall–Kier alpha value is -2.14. The molecule has 1 unspecified atom stereocenters. The van der Waals surface area contributed by atoms with Crippen molar-refractivity contribution in [2.75, 3.05) is 0 Å². The molecule has 5 heteroatoms. The van der Waals surface area contributed by atoms with Crippen LogP contribution in [0.4, 0.5) is 4.79 Å². The van der Waals surface area contributed by atoms with Crippen LogP contribution in [0.3, 0.4) is 0 Å². The van der Waals surface area contributed by atoms with Crippen molar-refractivity contribution in [3.05, 3.63) is 47.0 Å². The molecule has 1 atom stereocenters. The molecule has 23 heavy (non-hydrogen) atoms. The minimum atomic E-state index is -0.839. The number of urea groups is 1. The summed E-state index contributed by atoms with van der Waals surface area (Å²) in [5.74, 6) is -0.184. The van der Waals surface area contributed by atoms with E-state index in [2.05, 4.69) is 11.4 Å². The van der Waals surface area contributed by atoms with E-state index in [0.717, 1.165) is 17.5 Å². The van der Waals surface area contributed by atoms with Gasteiger partial charge in [-0.1, -0.05) is 35.9 Å². The van der Waals surface area contributed by atoms with Gasteiger partial charge >= 0.3 is 6.03 Å². The maximum Gasteiger partial charge on any atom is 0.325 e. The Bertz CT molecular complexity index is 618. The van der Waals surface area contributed by atoms with Crippen LogP contribution in [0.5, 0.6) is 0 Å². The summed E-state index contributed by atoms with van der Waals surface area (Å²) in [7, 11) is 0. The number of allylic oxidation sites excluding steroid dienone is 2. The van der Waals surface area contributed by atoms with Crippen molar-refractivity contribution in [2.24, 2.45) is 0 Å². The Morgan fingerprint density at radius 3 is 2.39 bits per heavy atom. The number of benzene rings is 1. The van der Waals surface area contributed by atoms with E-state index in [0.29, 0.717) is 6.42 Å². The Labute approximate surface area is 137 Å². The first kappa shape index (κ1) is 17.2. The van der Waals surface area contributed by atoms with Gasteiger partial charge in [-0.3, -0.25) is 9.69 Å². The summed E-state index contributed by atoms with van der Waals surface area (Å²) in [5.41, 5.74) is 2.02. The summed E-state index contributed by atoms with van der Waals surface area (Å²) in [6.07, 6.45) is 3.41. The number of imide groups is 1. The van der Waals surface area contributed by atoms with Crippen LogP contribution in [0.2, 0.25) is 0 Å². The number of hydrogen-bond donors (Lipinski definition) is 2. The van der Waals surface area contributed by atoms with E-state index in [-0.39, 0.29) is 25.1 Å². The first-order valence-corrected chi connectivity index (χ1v) is 7.82. The molecule has 1 aromatic carbocycles. The van der Waals surface area contributed by atoms with Gasteiger partial charge in [-0.2, -0.15) is 0 Å². The van der Waals surface area contributed by atoms with Crippen LogP contribution in [0, 0.1) is 0 Å². The molecule has 2 rings (SSSR count). The monoisotopic (exact) mass is 316 g/mol. The average molecular weight is 316 g/mol. The summed E-state index contributed by atoms with van der Waals surface area (Å²) in [5, 5.41) is 11.9. The van der Waals surface area contributed by atoms with Crippen molar-refractivity contribution in [2.45, 2.75) is 52.3 Å². The fourth-order valence-electron chi connectivity index (χ4n) is 2.64. The highest BCUT2D eigenvalue weighted by Gasteiger charge is 2.46. The number of amides is 3. The third-order valence-electron chi connectivity index (χ3n) is 4.09. The lowest BCUT2D eigenvalue weighted by Crippen LogP contribution is -2.43. The Morgan fingerprint density at radius 2 is 1.83 bits per heavy atom. The van der Waals surface area contributed by atoms with E-state index in [1.165, 1.54) is 10.5 Å². The molecule has 1 fully saturated rings. The van der Waals surface area contributed by atoms with E-state index in [9.17, 15) is 9.59 Å². The van der Waals surface area contributed by atoms with Crippen LogP contribution in [-0.4, -0.2) is 27.5 Å². The molecule has 124 valence electrons. The maximum absolute atomic E-state index is 12.6. The summed E-state index contributed by atoms with van der Waals surface area (Å²) in [6, 6.07) is 6.89. The molecule has 0 aliphatic carbocycles. The number of carbonyl (C=O) groups is 2. The number of carbonyl (C=O) groups excluding carboxylic acids is 2. The van der Waals surface area contributed by atoms with Gasteiger partial charge in [0.25, 0.3) is 5.91 Å².